The third-order valence-electron chi connectivity index (χ3n) is 2.11. The molecule has 1 aromatic rings. The van der Waals surface area contributed by atoms with Gasteiger partial charge in [0.15, 0.2) is 0 Å². The van der Waals surface area contributed by atoms with Gasteiger partial charge in [-0.05, 0) is 15.9 Å². The lowest BCUT2D eigenvalue weighted by atomic mass is 10.2. The Hall–Kier alpha value is -0.880. The average molecular weight is 259 g/mol. The minimum Gasteiger partial charge on any atom is -0.389 e. The van der Waals surface area contributed by atoms with Crippen LogP contribution in [0.25, 0.3) is 0 Å². The Balaban J connectivity index is 2.19. The van der Waals surface area contributed by atoms with Crippen LogP contribution in [0.3, 0.4) is 0 Å². The van der Waals surface area contributed by atoms with Gasteiger partial charge in [-0.25, -0.2) is 4.98 Å². The quantitative estimate of drug-likeness (QED) is 0.808. The molecular weight excluding hydrogens is 248 g/mol. The van der Waals surface area contributed by atoms with E-state index in [0.717, 1.165) is 10.3 Å². The Morgan fingerprint density at radius 2 is 2.36 bits per heavy atom. The first-order valence-corrected chi connectivity index (χ1v) is 5.13. The number of rotatable bonds is 2. The zero-order valence-corrected chi connectivity index (χ0v) is 9.32. The van der Waals surface area contributed by atoms with Gasteiger partial charge in [0, 0.05) is 26.3 Å². The van der Waals surface area contributed by atoms with E-state index < -0.39 is 0 Å². The standard InChI is InChI=1S/C8H11BrN4O/c1-10-7-6(9)2-11-8(12-7)13-3-5(14)4-13/h2,5,14H,3-4H2,1H3,(H,10,11,12). The van der Waals surface area contributed by atoms with Crippen molar-refractivity contribution in [1.82, 2.24) is 9.97 Å². The van der Waals surface area contributed by atoms with E-state index in [1.807, 2.05) is 11.9 Å². The first-order chi connectivity index (χ1) is 6.70. The van der Waals surface area contributed by atoms with Crippen LogP contribution in [0.1, 0.15) is 0 Å². The number of hydrogen-bond donors (Lipinski definition) is 2. The lowest BCUT2D eigenvalue weighted by molar-refractivity contribution is 0.140. The number of β-amino-alcohol motifs (C(OH)–C–C–N with tert-alkyl or cyclic N) is 1. The first-order valence-electron chi connectivity index (χ1n) is 4.34. The van der Waals surface area contributed by atoms with Crippen molar-refractivity contribution in [3.05, 3.63) is 10.7 Å². The molecule has 2 N–H and O–H groups in total. The van der Waals surface area contributed by atoms with Gasteiger partial charge in [0.1, 0.15) is 5.82 Å². The number of aliphatic hydroxyl groups excluding tert-OH is 1. The Morgan fingerprint density at radius 3 is 2.93 bits per heavy atom. The molecule has 1 saturated heterocycles. The zero-order chi connectivity index (χ0) is 10.1. The molecule has 0 spiro atoms. The van der Waals surface area contributed by atoms with Gasteiger partial charge in [0.05, 0.1) is 10.6 Å². The molecule has 0 aliphatic carbocycles. The Morgan fingerprint density at radius 1 is 1.64 bits per heavy atom. The van der Waals surface area contributed by atoms with Crippen LogP contribution in [0.4, 0.5) is 11.8 Å². The summed E-state index contributed by atoms with van der Waals surface area (Å²) in [6, 6.07) is 0. The van der Waals surface area contributed by atoms with Crippen LogP contribution in [-0.2, 0) is 0 Å². The monoisotopic (exact) mass is 258 g/mol. The van der Waals surface area contributed by atoms with Gasteiger partial charge in [-0.15, -0.1) is 0 Å². The van der Waals surface area contributed by atoms with Crippen molar-refractivity contribution in [3.63, 3.8) is 0 Å². The van der Waals surface area contributed by atoms with Crippen molar-refractivity contribution in [3.8, 4) is 0 Å². The summed E-state index contributed by atoms with van der Waals surface area (Å²) in [6.07, 6.45) is 1.47. The summed E-state index contributed by atoms with van der Waals surface area (Å²) in [6.45, 7) is 1.23. The lowest BCUT2D eigenvalue weighted by Gasteiger charge is -2.35. The van der Waals surface area contributed by atoms with Crippen molar-refractivity contribution < 1.29 is 5.11 Å². The topological polar surface area (TPSA) is 61.3 Å². The second-order valence-corrected chi connectivity index (χ2v) is 4.03. The van der Waals surface area contributed by atoms with Gasteiger partial charge in [0.25, 0.3) is 0 Å². The minimum absolute atomic E-state index is 0.236. The molecule has 0 bridgehead atoms. The molecule has 0 atom stereocenters. The third kappa shape index (κ3) is 1.67. The van der Waals surface area contributed by atoms with Crippen LogP contribution in [0, 0.1) is 0 Å². The molecule has 0 radical (unpaired) electrons. The van der Waals surface area contributed by atoms with Crippen LogP contribution in [0.15, 0.2) is 10.7 Å². The van der Waals surface area contributed by atoms with Crippen LogP contribution < -0.4 is 10.2 Å². The molecule has 1 fully saturated rings. The average Bonchev–Trinajstić information content (AvgIpc) is 2.14. The number of aliphatic hydroxyl groups is 1. The van der Waals surface area contributed by atoms with Crippen LogP contribution >= 0.6 is 15.9 Å². The smallest absolute Gasteiger partial charge is 0.227 e. The Kier molecular flexibility index (Phi) is 2.56. The van der Waals surface area contributed by atoms with Gasteiger partial charge < -0.3 is 15.3 Å². The highest BCUT2D eigenvalue weighted by Crippen LogP contribution is 2.23. The van der Waals surface area contributed by atoms with Crippen molar-refractivity contribution in [1.29, 1.82) is 0 Å². The number of hydrogen-bond acceptors (Lipinski definition) is 5. The summed E-state index contributed by atoms with van der Waals surface area (Å²) in [5.41, 5.74) is 0. The maximum atomic E-state index is 9.14. The molecular formula is C8H11BrN4O. The van der Waals surface area contributed by atoms with Gasteiger partial charge in [0.2, 0.25) is 5.95 Å². The summed E-state index contributed by atoms with van der Waals surface area (Å²) in [7, 11) is 1.81. The van der Waals surface area contributed by atoms with Gasteiger partial charge >= 0.3 is 0 Å². The van der Waals surface area contributed by atoms with E-state index in [1.54, 1.807) is 6.20 Å². The normalized spacial score (nSPS) is 16.6. The first kappa shape index (κ1) is 9.67. The summed E-state index contributed by atoms with van der Waals surface area (Å²) in [5.74, 6) is 1.42. The van der Waals surface area contributed by atoms with E-state index in [-0.39, 0.29) is 6.10 Å². The van der Waals surface area contributed by atoms with Gasteiger partial charge in [-0.3, -0.25) is 0 Å². The highest BCUT2D eigenvalue weighted by atomic mass is 79.9. The van der Waals surface area contributed by atoms with Gasteiger partial charge in [-0.2, -0.15) is 4.98 Å². The summed E-state index contributed by atoms with van der Waals surface area (Å²) >= 11 is 3.34. The summed E-state index contributed by atoms with van der Waals surface area (Å²) < 4.78 is 0.838. The van der Waals surface area contributed by atoms with Crippen molar-refractivity contribution in [2.24, 2.45) is 0 Å². The Labute approximate surface area is 90.3 Å². The minimum atomic E-state index is -0.236. The highest BCUT2D eigenvalue weighted by Gasteiger charge is 2.26. The summed E-state index contributed by atoms with van der Waals surface area (Å²) in [4.78, 5) is 10.4. The largest absolute Gasteiger partial charge is 0.389 e. The number of nitrogens with zero attached hydrogens (tertiary/aromatic N) is 3. The van der Waals surface area contributed by atoms with Crippen LogP contribution in [0.5, 0.6) is 0 Å². The fraction of sp³-hybridized carbons (Fsp3) is 0.500. The molecule has 76 valence electrons. The van der Waals surface area contributed by atoms with E-state index in [2.05, 4.69) is 31.2 Å². The molecule has 2 rings (SSSR count). The molecule has 0 amide bonds. The van der Waals surface area contributed by atoms with Crippen molar-refractivity contribution in [2.45, 2.75) is 6.10 Å². The molecule has 6 heteroatoms. The van der Waals surface area contributed by atoms with Gasteiger partial charge in [-0.1, -0.05) is 0 Å². The molecule has 1 aliphatic heterocycles. The molecule has 0 unspecified atom stereocenters. The SMILES string of the molecule is CNc1nc(N2CC(O)C2)ncc1Br. The van der Waals surface area contributed by atoms with E-state index in [0.29, 0.717) is 19.0 Å². The molecule has 0 saturated carbocycles. The summed E-state index contributed by atoms with van der Waals surface area (Å²) in [5, 5.41) is 12.1. The van der Waals surface area contributed by atoms with Crippen LogP contribution in [0.2, 0.25) is 0 Å². The predicted molar refractivity (Wildman–Crippen MR) is 57.5 cm³/mol. The number of halogens is 1. The molecule has 1 aliphatic rings. The number of anilines is 2. The number of nitrogens with one attached hydrogen (secondary N) is 1. The fourth-order valence-electron chi connectivity index (χ4n) is 1.30. The lowest BCUT2D eigenvalue weighted by Crippen LogP contribution is -2.51. The van der Waals surface area contributed by atoms with E-state index in [1.165, 1.54) is 0 Å². The maximum Gasteiger partial charge on any atom is 0.227 e. The van der Waals surface area contributed by atoms with Crippen LogP contribution in [-0.4, -0.2) is 41.3 Å². The van der Waals surface area contributed by atoms with E-state index in [4.69, 9.17) is 5.11 Å². The molecule has 2 heterocycles. The molecule has 14 heavy (non-hydrogen) atoms. The maximum absolute atomic E-state index is 9.14. The number of aromatic nitrogens is 2. The second-order valence-electron chi connectivity index (χ2n) is 3.18. The van der Waals surface area contributed by atoms with E-state index in [9.17, 15) is 0 Å². The third-order valence-corrected chi connectivity index (χ3v) is 2.69. The fourth-order valence-corrected chi connectivity index (χ4v) is 1.69. The molecule has 0 aromatic carbocycles. The van der Waals surface area contributed by atoms with Crippen molar-refractivity contribution in [2.75, 3.05) is 30.4 Å². The van der Waals surface area contributed by atoms with Crippen molar-refractivity contribution >= 4 is 27.7 Å². The van der Waals surface area contributed by atoms with E-state index >= 15 is 0 Å². The second kappa shape index (κ2) is 3.70. The Bertz CT molecular complexity index is 340. The zero-order valence-electron chi connectivity index (χ0n) is 7.74. The molecule has 5 nitrogen and oxygen atoms in total. The molecule has 1 aromatic heterocycles. The highest BCUT2D eigenvalue weighted by molar-refractivity contribution is 9.10. The predicted octanol–water partition coefficient (Wildman–Crippen LogP) is 0.462.